The lowest BCUT2D eigenvalue weighted by Gasteiger charge is -2.42. The Bertz CT molecular complexity index is 310. The van der Waals surface area contributed by atoms with Crippen LogP contribution in [0.2, 0.25) is 0 Å². The van der Waals surface area contributed by atoms with E-state index in [4.69, 9.17) is 16.2 Å². The van der Waals surface area contributed by atoms with Crippen molar-refractivity contribution in [3.63, 3.8) is 0 Å². The van der Waals surface area contributed by atoms with Crippen LogP contribution >= 0.6 is 0 Å². The summed E-state index contributed by atoms with van der Waals surface area (Å²) >= 11 is 0. The van der Waals surface area contributed by atoms with Crippen LogP contribution in [0.1, 0.15) is 34.1 Å². The van der Waals surface area contributed by atoms with Crippen molar-refractivity contribution in [1.29, 1.82) is 0 Å². The number of aliphatic imine (C=N–C) groups is 1. The fourth-order valence-corrected chi connectivity index (χ4v) is 2.23. The highest BCUT2D eigenvalue weighted by Gasteiger charge is 2.43. The Labute approximate surface area is 108 Å². The molecule has 0 aromatic rings. The largest absolute Gasteiger partial charge is 0.388 e. The third-order valence-electron chi connectivity index (χ3n) is 3.06. The highest BCUT2D eigenvalue weighted by molar-refractivity contribution is 5.76. The monoisotopic (exact) mass is 259 g/mol. The number of hydrogen-bond donors (Lipinski definition) is 4. The molecule has 6 N–H and O–H groups in total. The first-order valence-corrected chi connectivity index (χ1v) is 6.22. The van der Waals surface area contributed by atoms with Gasteiger partial charge in [-0.25, -0.2) is 4.99 Å². The van der Waals surface area contributed by atoms with E-state index in [1.54, 1.807) is 6.92 Å². The summed E-state index contributed by atoms with van der Waals surface area (Å²) < 4.78 is 5.65. The molecular weight excluding hydrogens is 234 g/mol. The molecule has 1 fully saturated rings. The smallest absolute Gasteiger partial charge is 0.186 e. The van der Waals surface area contributed by atoms with Crippen LogP contribution in [0.25, 0.3) is 0 Å². The topological polar surface area (TPSA) is 114 Å². The van der Waals surface area contributed by atoms with E-state index in [-0.39, 0.29) is 17.5 Å². The van der Waals surface area contributed by atoms with E-state index in [2.05, 4.69) is 25.8 Å². The molecule has 5 atom stereocenters. The summed E-state index contributed by atoms with van der Waals surface area (Å²) in [7, 11) is 0. The predicted molar refractivity (Wildman–Crippen MR) is 70.0 cm³/mol. The van der Waals surface area contributed by atoms with Crippen LogP contribution in [0, 0.1) is 5.41 Å². The number of nitrogens with two attached hydrogens (primary N) is 2. The van der Waals surface area contributed by atoms with Crippen molar-refractivity contribution in [2.45, 2.75) is 64.6 Å². The van der Waals surface area contributed by atoms with Crippen molar-refractivity contribution in [1.82, 2.24) is 0 Å². The summed E-state index contributed by atoms with van der Waals surface area (Å²) in [6.07, 6.45) is -1.93. The minimum absolute atomic E-state index is 0.0101. The van der Waals surface area contributed by atoms with Gasteiger partial charge in [-0.05, 0) is 18.8 Å². The number of aliphatic hydroxyl groups is 2. The number of nitrogens with zero attached hydrogens (tertiary/aromatic N) is 1. The molecule has 1 aliphatic heterocycles. The third kappa shape index (κ3) is 3.83. The van der Waals surface area contributed by atoms with Crippen LogP contribution < -0.4 is 11.5 Å². The number of ether oxygens (including phenoxy) is 1. The maximum Gasteiger partial charge on any atom is 0.186 e. The molecule has 1 heterocycles. The van der Waals surface area contributed by atoms with Crippen molar-refractivity contribution in [3.05, 3.63) is 0 Å². The maximum absolute atomic E-state index is 10.2. The van der Waals surface area contributed by atoms with Gasteiger partial charge in [-0.1, -0.05) is 20.8 Å². The van der Waals surface area contributed by atoms with Gasteiger partial charge < -0.3 is 26.4 Å². The van der Waals surface area contributed by atoms with Crippen LogP contribution in [0.15, 0.2) is 4.99 Å². The first-order valence-electron chi connectivity index (χ1n) is 6.22. The summed E-state index contributed by atoms with van der Waals surface area (Å²) in [6, 6.07) is -0.730. The van der Waals surface area contributed by atoms with Crippen molar-refractivity contribution >= 4 is 5.96 Å². The van der Waals surface area contributed by atoms with Gasteiger partial charge in [0, 0.05) is 0 Å². The Morgan fingerprint density at radius 2 is 1.78 bits per heavy atom. The van der Waals surface area contributed by atoms with Crippen molar-refractivity contribution in [2.24, 2.45) is 21.9 Å². The van der Waals surface area contributed by atoms with E-state index in [9.17, 15) is 10.2 Å². The molecule has 0 aromatic carbocycles. The first kappa shape index (κ1) is 15.2. The highest BCUT2D eigenvalue weighted by Crippen LogP contribution is 2.31. The van der Waals surface area contributed by atoms with Gasteiger partial charge in [0.2, 0.25) is 0 Å². The fourth-order valence-electron chi connectivity index (χ4n) is 2.23. The molecule has 0 amide bonds. The zero-order valence-electron chi connectivity index (χ0n) is 11.5. The van der Waals surface area contributed by atoms with Gasteiger partial charge in [0.1, 0.15) is 18.2 Å². The molecule has 0 radical (unpaired) electrons. The standard InChI is InChI=1S/C12H25N3O3/c1-6-9(16)8(15-11(13)14)10(17)7(18-6)5-12(2,3)4/h6-10,16-17H,5H2,1-4H3,(H4,13,14,15)/t6-,7+,8+,9-,10-/m1/s1. The molecule has 0 saturated carbocycles. The third-order valence-corrected chi connectivity index (χ3v) is 3.06. The van der Waals surface area contributed by atoms with Gasteiger partial charge in [0.25, 0.3) is 0 Å². The summed E-state index contributed by atoms with van der Waals surface area (Å²) in [5.74, 6) is -0.137. The minimum Gasteiger partial charge on any atom is -0.388 e. The Morgan fingerprint density at radius 3 is 2.22 bits per heavy atom. The molecule has 1 saturated heterocycles. The lowest BCUT2D eigenvalue weighted by molar-refractivity contribution is -0.179. The van der Waals surface area contributed by atoms with Gasteiger partial charge in [-0.15, -0.1) is 0 Å². The van der Waals surface area contributed by atoms with Gasteiger partial charge in [-0.2, -0.15) is 0 Å². The summed E-state index contributed by atoms with van der Waals surface area (Å²) in [5.41, 5.74) is 10.7. The Balaban J connectivity index is 2.87. The Kier molecular flexibility index (Phi) is 4.58. The predicted octanol–water partition coefficient (Wildman–Crippen LogP) is -0.426. The lowest BCUT2D eigenvalue weighted by Crippen LogP contribution is -2.57. The second-order valence-electron chi connectivity index (χ2n) is 6.17. The second kappa shape index (κ2) is 5.42. The van der Waals surface area contributed by atoms with E-state index in [1.807, 2.05) is 0 Å². The molecule has 1 rings (SSSR count). The summed E-state index contributed by atoms with van der Waals surface area (Å²) in [5, 5.41) is 20.2. The van der Waals surface area contributed by atoms with E-state index >= 15 is 0 Å². The van der Waals surface area contributed by atoms with Gasteiger partial charge in [0.15, 0.2) is 5.96 Å². The Hall–Kier alpha value is -0.850. The summed E-state index contributed by atoms with van der Waals surface area (Å²) in [6.45, 7) is 7.94. The van der Waals surface area contributed by atoms with E-state index in [1.165, 1.54) is 0 Å². The van der Waals surface area contributed by atoms with Gasteiger partial charge in [-0.3, -0.25) is 0 Å². The van der Waals surface area contributed by atoms with Crippen LogP contribution in [0.5, 0.6) is 0 Å². The number of aliphatic hydroxyl groups excluding tert-OH is 2. The fraction of sp³-hybridized carbons (Fsp3) is 0.917. The van der Waals surface area contributed by atoms with Gasteiger partial charge in [0.05, 0.1) is 12.2 Å². The second-order valence-corrected chi connectivity index (χ2v) is 6.17. The van der Waals surface area contributed by atoms with Crippen LogP contribution in [-0.2, 0) is 4.74 Å². The van der Waals surface area contributed by atoms with Crippen LogP contribution in [0.4, 0.5) is 0 Å². The number of rotatable bonds is 2. The molecule has 1 aliphatic rings. The number of hydrogen-bond acceptors (Lipinski definition) is 4. The molecular formula is C12H25N3O3. The normalized spacial score (nSPS) is 37.3. The maximum atomic E-state index is 10.2. The van der Waals surface area contributed by atoms with E-state index < -0.39 is 24.4 Å². The van der Waals surface area contributed by atoms with Gasteiger partial charge >= 0.3 is 0 Å². The molecule has 0 unspecified atom stereocenters. The minimum atomic E-state index is -0.905. The van der Waals surface area contributed by atoms with Crippen LogP contribution in [0.3, 0.4) is 0 Å². The molecule has 106 valence electrons. The molecule has 6 heteroatoms. The van der Waals surface area contributed by atoms with E-state index in [0.717, 1.165) is 0 Å². The first-order chi connectivity index (χ1) is 8.11. The molecule has 0 spiro atoms. The van der Waals surface area contributed by atoms with E-state index in [0.29, 0.717) is 6.42 Å². The average molecular weight is 259 g/mol. The highest BCUT2D eigenvalue weighted by atomic mass is 16.5. The Morgan fingerprint density at radius 1 is 1.22 bits per heavy atom. The van der Waals surface area contributed by atoms with Crippen LogP contribution in [-0.4, -0.2) is 46.6 Å². The molecule has 6 nitrogen and oxygen atoms in total. The molecule has 0 aromatic heterocycles. The van der Waals surface area contributed by atoms with Crippen molar-refractivity contribution in [3.8, 4) is 0 Å². The quantitative estimate of drug-likeness (QED) is 0.397. The molecule has 18 heavy (non-hydrogen) atoms. The van der Waals surface area contributed by atoms with Crippen molar-refractivity contribution in [2.75, 3.05) is 0 Å². The SMILES string of the molecule is C[C@H]1O[C@@H](CC(C)(C)C)[C@@H](O)[C@@H](N=C(N)N)[C@@H]1O. The van der Waals surface area contributed by atoms with Crippen molar-refractivity contribution < 1.29 is 14.9 Å². The lowest BCUT2D eigenvalue weighted by atomic mass is 9.83. The zero-order chi connectivity index (χ0) is 14.1. The molecule has 0 bridgehead atoms. The summed E-state index contributed by atoms with van der Waals surface area (Å²) in [4.78, 5) is 3.92. The number of guanidine groups is 1. The molecule has 0 aliphatic carbocycles. The average Bonchev–Trinajstić information content (AvgIpc) is 2.18. The zero-order valence-corrected chi connectivity index (χ0v) is 11.5.